The van der Waals surface area contributed by atoms with Crippen LogP contribution in [0.5, 0.6) is 0 Å². The number of rotatable bonds is 6. The standard InChI is InChI=1S/C30H39N2O2.CH4/c1-9-34-28(33)11-10-14-32-27-18-26-22(16-24(27)20(2)19-29(32,3)4)15-21-12-13-23(31(7)8)17-25(21)30(26,5)6;/h12-13,15-19H,9-11,14H2,1-8H3;1H4/q+1;. The van der Waals surface area contributed by atoms with Crippen molar-refractivity contribution in [2.45, 2.75) is 72.8 Å². The molecule has 0 bridgehead atoms. The summed E-state index contributed by atoms with van der Waals surface area (Å²) < 4.78 is 7.62. The summed E-state index contributed by atoms with van der Waals surface area (Å²) in [4.78, 5) is 14.1. The van der Waals surface area contributed by atoms with Gasteiger partial charge in [-0.3, -0.25) is 4.79 Å². The molecule has 1 aliphatic carbocycles. The van der Waals surface area contributed by atoms with E-state index in [0.29, 0.717) is 13.0 Å². The van der Waals surface area contributed by atoms with Crippen LogP contribution in [0.25, 0.3) is 11.6 Å². The number of ether oxygens (including phenoxy) is 1. The van der Waals surface area contributed by atoms with Crippen molar-refractivity contribution in [2.75, 3.05) is 32.1 Å². The molecule has 0 fully saturated rings. The number of carbonyl (C=O) groups is 1. The smallest absolute Gasteiger partial charge is 0.306 e. The molecule has 188 valence electrons. The van der Waals surface area contributed by atoms with Crippen LogP contribution in [0.4, 0.5) is 5.69 Å². The molecule has 2 aliphatic rings. The summed E-state index contributed by atoms with van der Waals surface area (Å²) in [5.41, 5.74) is 7.60. The molecule has 1 heterocycles. The van der Waals surface area contributed by atoms with Gasteiger partial charge in [0.15, 0.2) is 5.54 Å². The minimum atomic E-state index is -0.126. The maximum Gasteiger partial charge on any atom is 0.306 e. The van der Waals surface area contributed by atoms with Crippen LogP contribution >= 0.6 is 0 Å². The Balaban J connectivity index is 0.00000342. The fraction of sp³-hybridized carbons (Fsp3) is 0.484. The minimum absolute atomic E-state index is 0. The van der Waals surface area contributed by atoms with Crippen LogP contribution in [-0.4, -0.2) is 38.8 Å². The first kappa shape index (κ1) is 26.7. The van der Waals surface area contributed by atoms with Gasteiger partial charge in [-0.15, -0.1) is 0 Å². The van der Waals surface area contributed by atoms with Crippen molar-refractivity contribution < 1.29 is 9.53 Å². The van der Waals surface area contributed by atoms with Crippen LogP contribution in [0.2, 0.25) is 0 Å². The average molecular weight is 476 g/mol. The first-order valence-electron chi connectivity index (χ1n) is 12.4. The Labute approximate surface area is 211 Å². The lowest BCUT2D eigenvalue weighted by molar-refractivity contribution is -0.143. The fourth-order valence-corrected chi connectivity index (χ4v) is 5.63. The highest BCUT2D eigenvalue weighted by atomic mass is 16.5. The quantitative estimate of drug-likeness (QED) is 0.441. The summed E-state index contributed by atoms with van der Waals surface area (Å²) in [6.07, 6.45) is 5.92. The topological polar surface area (TPSA) is 32.6 Å². The van der Waals surface area contributed by atoms with Gasteiger partial charge in [-0.2, -0.15) is 0 Å². The lowest BCUT2D eigenvalue weighted by Gasteiger charge is -2.33. The van der Waals surface area contributed by atoms with Crippen molar-refractivity contribution >= 4 is 23.3 Å². The van der Waals surface area contributed by atoms with Crippen LogP contribution in [0.3, 0.4) is 0 Å². The van der Waals surface area contributed by atoms with E-state index in [1.54, 1.807) is 0 Å². The van der Waals surface area contributed by atoms with E-state index in [-0.39, 0.29) is 24.3 Å². The Kier molecular flexibility index (Phi) is 7.36. The molecule has 0 saturated carbocycles. The fourth-order valence-electron chi connectivity index (χ4n) is 5.63. The number of anilines is 1. The van der Waals surface area contributed by atoms with Gasteiger partial charge in [0, 0.05) is 57.1 Å². The van der Waals surface area contributed by atoms with Gasteiger partial charge in [0.05, 0.1) is 13.0 Å². The van der Waals surface area contributed by atoms with E-state index in [1.807, 2.05) is 6.92 Å². The zero-order valence-electron chi connectivity index (χ0n) is 22.1. The monoisotopic (exact) mass is 475 g/mol. The van der Waals surface area contributed by atoms with E-state index in [0.717, 1.165) is 13.0 Å². The third-order valence-electron chi connectivity index (χ3n) is 7.43. The second kappa shape index (κ2) is 9.64. The zero-order chi connectivity index (χ0) is 24.8. The highest BCUT2D eigenvalue weighted by Gasteiger charge is 2.36. The van der Waals surface area contributed by atoms with E-state index in [2.05, 4.69) is 101 Å². The first-order valence-corrected chi connectivity index (χ1v) is 12.4. The molecule has 0 unspecified atom stereocenters. The molecular weight excluding hydrogens is 432 g/mol. The van der Waals surface area contributed by atoms with E-state index in [4.69, 9.17) is 4.74 Å². The number of esters is 1. The van der Waals surface area contributed by atoms with Gasteiger partial charge in [-0.05, 0) is 71.7 Å². The van der Waals surface area contributed by atoms with Crippen molar-refractivity contribution in [1.82, 2.24) is 4.58 Å². The largest absolute Gasteiger partial charge is 0.466 e. The molecule has 0 N–H and O–H groups in total. The number of benzene rings is 2. The van der Waals surface area contributed by atoms with E-state index in [1.165, 1.54) is 44.1 Å². The highest BCUT2D eigenvalue weighted by molar-refractivity contribution is 5.72. The molecule has 2 aromatic carbocycles. The number of nitrogens with zero attached hydrogens (tertiary/aromatic N) is 2. The lowest BCUT2D eigenvalue weighted by atomic mass is 9.71. The van der Waals surface area contributed by atoms with Crippen LogP contribution in [0, 0.1) is 0 Å². The molecule has 4 heteroatoms. The highest BCUT2D eigenvalue weighted by Crippen LogP contribution is 2.37. The first-order chi connectivity index (χ1) is 16.0. The molecular formula is C31H43N2O2+. The Bertz CT molecular complexity index is 1300. The molecule has 4 nitrogen and oxygen atoms in total. The summed E-state index contributed by atoms with van der Waals surface area (Å²) in [5, 5.41) is 2.56. The lowest BCUT2D eigenvalue weighted by Crippen LogP contribution is -2.50. The summed E-state index contributed by atoms with van der Waals surface area (Å²) in [5.74, 6) is -0.112. The number of carbonyl (C=O) groups excluding carboxylic acids is 1. The average Bonchev–Trinajstić information content (AvgIpc) is 2.75. The van der Waals surface area contributed by atoms with Gasteiger partial charge >= 0.3 is 5.97 Å². The molecule has 0 spiro atoms. The van der Waals surface area contributed by atoms with Crippen LogP contribution in [0.15, 0.2) is 36.4 Å². The molecule has 35 heavy (non-hydrogen) atoms. The minimum Gasteiger partial charge on any atom is -0.466 e. The third kappa shape index (κ3) is 4.80. The number of hydrogen-bond acceptors (Lipinski definition) is 3. The zero-order valence-corrected chi connectivity index (χ0v) is 22.1. The summed E-state index contributed by atoms with van der Waals surface area (Å²) in [6.45, 7) is 14.5. The van der Waals surface area contributed by atoms with Crippen LogP contribution in [0.1, 0.15) is 84.1 Å². The maximum absolute atomic E-state index is 12.0. The van der Waals surface area contributed by atoms with Crippen LogP contribution in [-0.2, 0) is 14.9 Å². The van der Waals surface area contributed by atoms with Gasteiger partial charge in [0.25, 0.3) is 0 Å². The van der Waals surface area contributed by atoms with Crippen molar-refractivity contribution in [1.29, 1.82) is 0 Å². The third-order valence-corrected chi connectivity index (χ3v) is 7.43. The van der Waals surface area contributed by atoms with Gasteiger partial charge in [-0.25, -0.2) is 4.58 Å². The molecule has 0 aromatic heterocycles. The van der Waals surface area contributed by atoms with Crippen LogP contribution < -0.4 is 20.1 Å². The van der Waals surface area contributed by atoms with Crippen molar-refractivity contribution in [3.05, 3.63) is 69.2 Å². The maximum atomic E-state index is 12.0. The van der Waals surface area contributed by atoms with Gasteiger partial charge in [0.1, 0.15) is 6.54 Å². The van der Waals surface area contributed by atoms with Crippen molar-refractivity contribution in [2.24, 2.45) is 0 Å². The SMILES string of the molecule is C.CCOC(=O)CCC[N+]1=c2cc3c(cc2C(C)=CC1(C)C)=Cc1ccc(N(C)C)cc1C3(C)C. The Hall–Kier alpha value is -2.88. The summed E-state index contributed by atoms with van der Waals surface area (Å²) in [7, 11) is 4.19. The number of fused-ring (bicyclic) bond motifs is 3. The molecule has 4 rings (SSSR count). The number of allylic oxidation sites excluding steroid dienone is 1. The predicted molar refractivity (Wildman–Crippen MR) is 149 cm³/mol. The normalized spacial score (nSPS) is 16.6. The predicted octanol–water partition coefficient (Wildman–Crippen LogP) is 4.89. The van der Waals surface area contributed by atoms with E-state index < -0.39 is 0 Å². The molecule has 0 atom stereocenters. The summed E-state index contributed by atoms with van der Waals surface area (Å²) >= 11 is 0. The number of hydrogen-bond donors (Lipinski definition) is 0. The van der Waals surface area contributed by atoms with Crippen molar-refractivity contribution in [3.8, 4) is 0 Å². The van der Waals surface area contributed by atoms with E-state index >= 15 is 0 Å². The molecule has 0 saturated heterocycles. The molecule has 2 aromatic rings. The van der Waals surface area contributed by atoms with E-state index in [9.17, 15) is 4.79 Å². The molecule has 0 radical (unpaired) electrons. The Morgan fingerprint density at radius 2 is 1.77 bits per heavy atom. The van der Waals surface area contributed by atoms with Gasteiger partial charge < -0.3 is 9.64 Å². The Morgan fingerprint density at radius 1 is 1.06 bits per heavy atom. The second-order valence-electron chi connectivity index (χ2n) is 10.9. The van der Waals surface area contributed by atoms with Gasteiger partial charge in [0.2, 0.25) is 5.36 Å². The van der Waals surface area contributed by atoms with Gasteiger partial charge in [-0.1, -0.05) is 27.3 Å². The van der Waals surface area contributed by atoms with Crippen molar-refractivity contribution in [3.63, 3.8) is 0 Å². The Morgan fingerprint density at radius 3 is 2.43 bits per heavy atom. The summed E-state index contributed by atoms with van der Waals surface area (Å²) in [6, 6.07) is 11.6. The second-order valence-corrected chi connectivity index (χ2v) is 10.9. The molecule has 1 aliphatic heterocycles. The molecule has 0 amide bonds.